The van der Waals surface area contributed by atoms with E-state index >= 15 is 0 Å². The van der Waals surface area contributed by atoms with Crippen molar-refractivity contribution in [1.29, 1.82) is 0 Å². The van der Waals surface area contributed by atoms with Crippen molar-refractivity contribution >= 4 is 15.9 Å². The number of alkyl halides is 1. The highest BCUT2D eigenvalue weighted by atomic mass is 79.9. The number of halogens is 1. The summed E-state index contributed by atoms with van der Waals surface area (Å²) in [5.41, 5.74) is 0.592. The predicted molar refractivity (Wildman–Crippen MR) is 58.3 cm³/mol. The molecule has 2 fully saturated rings. The zero-order valence-electron chi connectivity index (χ0n) is 8.23. The predicted octanol–water partition coefficient (Wildman–Crippen LogP) is 3.51. The largest absolute Gasteiger partial charge is 0.378 e. The lowest BCUT2D eigenvalue weighted by molar-refractivity contribution is 0.0698. The lowest BCUT2D eigenvalue weighted by Crippen LogP contribution is -2.24. The first-order valence-corrected chi connectivity index (χ1v) is 6.64. The maximum atomic E-state index is 5.72. The van der Waals surface area contributed by atoms with Gasteiger partial charge in [0.15, 0.2) is 0 Å². The molecule has 2 rings (SSSR count). The van der Waals surface area contributed by atoms with Crippen molar-refractivity contribution in [2.75, 3.05) is 11.9 Å². The van der Waals surface area contributed by atoms with E-state index in [9.17, 15) is 0 Å². The maximum Gasteiger partial charge on any atom is 0.0581 e. The highest BCUT2D eigenvalue weighted by Gasteiger charge is 2.36. The summed E-state index contributed by atoms with van der Waals surface area (Å²) in [6.45, 7) is 1.00. The molecular weight excluding hydrogens is 228 g/mol. The lowest BCUT2D eigenvalue weighted by atomic mass is 9.82. The Kier molecular flexibility index (Phi) is 3.31. The van der Waals surface area contributed by atoms with Crippen LogP contribution in [0.25, 0.3) is 0 Å². The van der Waals surface area contributed by atoms with Crippen LogP contribution in [0.15, 0.2) is 0 Å². The van der Waals surface area contributed by atoms with E-state index in [1.807, 2.05) is 0 Å². The minimum atomic E-state index is 0.579. The average molecular weight is 247 g/mol. The first-order chi connectivity index (χ1) is 6.35. The van der Waals surface area contributed by atoms with Gasteiger partial charge in [0.2, 0.25) is 0 Å². The van der Waals surface area contributed by atoms with Crippen LogP contribution in [0, 0.1) is 5.41 Å². The van der Waals surface area contributed by atoms with E-state index in [4.69, 9.17) is 4.74 Å². The minimum Gasteiger partial charge on any atom is -0.378 e. The molecule has 0 radical (unpaired) electrons. The molecule has 0 aromatic rings. The topological polar surface area (TPSA) is 9.23 Å². The molecule has 0 spiro atoms. The van der Waals surface area contributed by atoms with Gasteiger partial charge in [-0.3, -0.25) is 0 Å². The van der Waals surface area contributed by atoms with Gasteiger partial charge in [-0.15, -0.1) is 0 Å². The Balaban J connectivity index is 1.88. The van der Waals surface area contributed by atoms with Crippen molar-refractivity contribution in [3.05, 3.63) is 0 Å². The molecule has 1 heterocycles. The maximum absolute atomic E-state index is 5.72. The van der Waals surface area contributed by atoms with Crippen molar-refractivity contribution in [2.24, 2.45) is 5.41 Å². The number of hydrogen-bond donors (Lipinski definition) is 0. The Hall–Kier alpha value is 0.440. The standard InChI is InChI=1S/C11H19BrO/c12-9-11(5-1-2-6-11)8-10-4-3-7-13-10/h10H,1-9H2. The van der Waals surface area contributed by atoms with Crippen molar-refractivity contribution < 1.29 is 4.74 Å². The third kappa shape index (κ3) is 2.27. The van der Waals surface area contributed by atoms with Crippen LogP contribution in [0.1, 0.15) is 44.9 Å². The second kappa shape index (κ2) is 4.31. The second-order valence-corrected chi connectivity index (χ2v) is 5.24. The van der Waals surface area contributed by atoms with Gasteiger partial charge >= 0.3 is 0 Å². The fourth-order valence-electron chi connectivity index (χ4n) is 2.81. The molecule has 1 saturated heterocycles. The molecule has 1 aliphatic carbocycles. The molecule has 1 nitrogen and oxygen atoms in total. The summed E-state index contributed by atoms with van der Waals surface area (Å²) in [5.74, 6) is 0. The normalized spacial score (nSPS) is 32.5. The van der Waals surface area contributed by atoms with Crippen LogP contribution >= 0.6 is 15.9 Å². The fraction of sp³-hybridized carbons (Fsp3) is 1.00. The number of rotatable bonds is 3. The molecule has 0 aromatic heterocycles. The first-order valence-electron chi connectivity index (χ1n) is 5.52. The van der Waals surface area contributed by atoms with Gasteiger partial charge in [-0.25, -0.2) is 0 Å². The Bertz CT molecular complexity index is 157. The highest BCUT2D eigenvalue weighted by Crippen LogP contribution is 2.44. The molecule has 0 N–H and O–H groups in total. The van der Waals surface area contributed by atoms with Gasteiger partial charge in [0.1, 0.15) is 0 Å². The summed E-state index contributed by atoms with van der Waals surface area (Å²) in [5, 5.41) is 1.18. The molecule has 0 bridgehead atoms. The summed E-state index contributed by atoms with van der Waals surface area (Å²) in [6, 6.07) is 0. The molecule has 0 aromatic carbocycles. The fourth-order valence-corrected chi connectivity index (χ4v) is 3.60. The smallest absolute Gasteiger partial charge is 0.0581 e. The molecule has 13 heavy (non-hydrogen) atoms. The summed E-state index contributed by atoms with van der Waals surface area (Å²) in [7, 11) is 0. The van der Waals surface area contributed by atoms with Gasteiger partial charge in [-0.1, -0.05) is 28.8 Å². The van der Waals surface area contributed by atoms with Crippen molar-refractivity contribution in [3.63, 3.8) is 0 Å². The SMILES string of the molecule is BrCC1(CC2CCCO2)CCCC1. The molecular formula is C11H19BrO. The molecule has 2 heteroatoms. The van der Waals surface area contributed by atoms with Crippen molar-refractivity contribution in [2.45, 2.75) is 51.0 Å². The van der Waals surface area contributed by atoms with E-state index in [2.05, 4.69) is 15.9 Å². The molecule has 0 amide bonds. The number of hydrogen-bond acceptors (Lipinski definition) is 1. The van der Waals surface area contributed by atoms with Crippen molar-refractivity contribution in [1.82, 2.24) is 0 Å². The minimum absolute atomic E-state index is 0.579. The van der Waals surface area contributed by atoms with E-state index in [-0.39, 0.29) is 0 Å². The van der Waals surface area contributed by atoms with Gasteiger partial charge in [-0.05, 0) is 37.5 Å². The molecule has 2 aliphatic rings. The van der Waals surface area contributed by atoms with Crippen LogP contribution in [0.5, 0.6) is 0 Å². The zero-order chi connectivity index (χ0) is 9.15. The van der Waals surface area contributed by atoms with Gasteiger partial charge < -0.3 is 4.74 Å². The molecule has 1 atom stereocenters. The van der Waals surface area contributed by atoms with E-state index in [0.717, 1.165) is 6.61 Å². The summed E-state index contributed by atoms with van der Waals surface area (Å²) >= 11 is 3.69. The summed E-state index contributed by atoms with van der Waals surface area (Å²) in [6.07, 6.45) is 10.2. The van der Waals surface area contributed by atoms with Gasteiger partial charge in [0, 0.05) is 11.9 Å². The van der Waals surface area contributed by atoms with E-state index in [1.54, 1.807) is 0 Å². The van der Waals surface area contributed by atoms with Crippen LogP contribution in [0.4, 0.5) is 0 Å². The highest BCUT2D eigenvalue weighted by molar-refractivity contribution is 9.09. The van der Waals surface area contributed by atoms with E-state index in [1.165, 1.54) is 50.3 Å². The van der Waals surface area contributed by atoms with Crippen LogP contribution in [-0.4, -0.2) is 18.0 Å². The zero-order valence-corrected chi connectivity index (χ0v) is 9.81. The quantitative estimate of drug-likeness (QED) is 0.693. The Morgan fingerprint density at radius 2 is 2.00 bits per heavy atom. The molecule has 76 valence electrons. The van der Waals surface area contributed by atoms with Crippen LogP contribution < -0.4 is 0 Å². The average Bonchev–Trinajstić information content (AvgIpc) is 2.77. The number of ether oxygens (including phenoxy) is 1. The van der Waals surface area contributed by atoms with Crippen LogP contribution in [0.3, 0.4) is 0 Å². The van der Waals surface area contributed by atoms with Gasteiger partial charge in [0.25, 0.3) is 0 Å². The summed E-state index contributed by atoms with van der Waals surface area (Å²) < 4.78 is 5.72. The Morgan fingerprint density at radius 1 is 1.23 bits per heavy atom. The Labute approximate surface area is 89.4 Å². The lowest BCUT2D eigenvalue weighted by Gasteiger charge is -2.29. The molecule has 1 unspecified atom stereocenters. The second-order valence-electron chi connectivity index (χ2n) is 4.68. The van der Waals surface area contributed by atoms with Gasteiger partial charge in [-0.2, -0.15) is 0 Å². The van der Waals surface area contributed by atoms with Crippen LogP contribution in [0.2, 0.25) is 0 Å². The van der Waals surface area contributed by atoms with E-state index < -0.39 is 0 Å². The van der Waals surface area contributed by atoms with E-state index in [0.29, 0.717) is 11.5 Å². The molecule has 1 saturated carbocycles. The Morgan fingerprint density at radius 3 is 2.54 bits per heavy atom. The third-order valence-corrected chi connectivity index (χ3v) is 4.82. The molecule has 1 aliphatic heterocycles. The first kappa shape index (κ1) is 9.97. The monoisotopic (exact) mass is 246 g/mol. The summed E-state index contributed by atoms with van der Waals surface area (Å²) in [4.78, 5) is 0. The third-order valence-electron chi connectivity index (χ3n) is 3.63. The van der Waals surface area contributed by atoms with Crippen molar-refractivity contribution in [3.8, 4) is 0 Å². The van der Waals surface area contributed by atoms with Gasteiger partial charge in [0.05, 0.1) is 6.10 Å². The van der Waals surface area contributed by atoms with Crippen LogP contribution in [-0.2, 0) is 4.74 Å².